The summed E-state index contributed by atoms with van der Waals surface area (Å²) in [5.41, 5.74) is 3.90. The van der Waals surface area contributed by atoms with Gasteiger partial charge in [-0.1, -0.05) is 0 Å². The minimum Gasteiger partial charge on any atom is -0.505 e. The van der Waals surface area contributed by atoms with Gasteiger partial charge in [0.15, 0.2) is 0 Å². The number of halogens is 1. The molecule has 1 fully saturated rings. The topological polar surface area (TPSA) is 100 Å². The van der Waals surface area contributed by atoms with Crippen LogP contribution in [0.25, 0.3) is 21.8 Å². The number of hydrogen-bond donors (Lipinski definition) is 3. The number of rotatable bonds is 3. The lowest BCUT2D eigenvalue weighted by Gasteiger charge is -2.30. The highest BCUT2D eigenvalue weighted by Gasteiger charge is 2.21. The number of benzene rings is 2. The third-order valence-corrected chi connectivity index (χ3v) is 5.84. The van der Waals surface area contributed by atoms with Gasteiger partial charge in [0.25, 0.3) is 5.91 Å². The first-order chi connectivity index (χ1) is 14.9. The van der Waals surface area contributed by atoms with E-state index in [1.165, 1.54) is 0 Å². The second-order valence-electron chi connectivity index (χ2n) is 8.03. The number of nitrogens with zero attached hydrogens (tertiary/aromatic N) is 5. The summed E-state index contributed by atoms with van der Waals surface area (Å²) in [4.78, 5) is 15.5. The van der Waals surface area contributed by atoms with Gasteiger partial charge in [-0.15, -0.1) is 12.4 Å². The summed E-state index contributed by atoms with van der Waals surface area (Å²) in [7, 11) is 3.68. The number of phenols is 1. The van der Waals surface area contributed by atoms with E-state index in [-0.39, 0.29) is 24.1 Å². The third kappa shape index (κ3) is 3.63. The molecule has 32 heavy (non-hydrogen) atoms. The molecule has 10 heteroatoms. The summed E-state index contributed by atoms with van der Waals surface area (Å²) in [6, 6.07) is 5.54. The number of aromatic hydroxyl groups is 1. The zero-order chi connectivity index (χ0) is 21.7. The Labute approximate surface area is 191 Å². The Balaban J connectivity index is 0.00000245. The van der Waals surface area contributed by atoms with Crippen molar-refractivity contribution in [3.63, 3.8) is 0 Å². The number of nitrogens with one attached hydrogen (secondary N) is 2. The van der Waals surface area contributed by atoms with Crippen LogP contribution < -0.4 is 15.5 Å². The number of fused-ring (bicyclic) bond motifs is 2. The van der Waals surface area contributed by atoms with E-state index in [1.54, 1.807) is 22.4 Å². The largest absolute Gasteiger partial charge is 0.505 e. The summed E-state index contributed by atoms with van der Waals surface area (Å²) >= 11 is 0. The van der Waals surface area contributed by atoms with Crippen molar-refractivity contribution in [2.45, 2.75) is 6.92 Å². The predicted molar refractivity (Wildman–Crippen MR) is 128 cm³/mol. The van der Waals surface area contributed by atoms with Gasteiger partial charge in [0.1, 0.15) is 11.3 Å². The molecule has 1 amide bonds. The monoisotopic (exact) mass is 455 g/mol. The first kappa shape index (κ1) is 21.9. The van der Waals surface area contributed by atoms with E-state index in [1.807, 2.05) is 38.6 Å². The maximum Gasteiger partial charge on any atom is 0.258 e. The molecule has 0 atom stereocenters. The van der Waals surface area contributed by atoms with Crippen molar-refractivity contribution < 1.29 is 9.90 Å². The molecular formula is C22H26ClN7O2. The lowest BCUT2D eigenvalue weighted by Crippen LogP contribution is -2.43. The smallest absolute Gasteiger partial charge is 0.258 e. The Hall–Kier alpha value is -3.30. The van der Waals surface area contributed by atoms with Gasteiger partial charge in [-0.3, -0.25) is 14.2 Å². The zero-order valence-electron chi connectivity index (χ0n) is 18.2. The molecule has 0 spiro atoms. The molecule has 4 aromatic rings. The molecule has 1 aliphatic heterocycles. The highest BCUT2D eigenvalue weighted by molar-refractivity contribution is 6.14. The summed E-state index contributed by atoms with van der Waals surface area (Å²) in [6.45, 7) is 5.47. The zero-order valence-corrected chi connectivity index (χ0v) is 19.0. The highest BCUT2D eigenvalue weighted by Crippen LogP contribution is 2.35. The molecule has 0 bridgehead atoms. The molecular weight excluding hydrogens is 430 g/mol. The number of piperazine rings is 1. The number of carbonyl (C=O) groups excluding carboxylic acids is 1. The van der Waals surface area contributed by atoms with Gasteiger partial charge in [0.05, 0.1) is 16.8 Å². The van der Waals surface area contributed by atoms with Crippen LogP contribution in [-0.2, 0) is 14.1 Å². The van der Waals surface area contributed by atoms with Crippen LogP contribution in [0.1, 0.15) is 15.9 Å². The molecule has 0 aliphatic carbocycles. The Morgan fingerprint density at radius 3 is 2.53 bits per heavy atom. The van der Waals surface area contributed by atoms with Crippen LogP contribution in [0, 0.1) is 6.92 Å². The van der Waals surface area contributed by atoms with E-state index >= 15 is 0 Å². The number of aryl methyl sites for hydroxylation is 3. The van der Waals surface area contributed by atoms with Crippen molar-refractivity contribution in [1.82, 2.24) is 24.9 Å². The fourth-order valence-corrected chi connectivity index (χ4v) is 4.30. The molecule has 0 saturated carbocycles. The summed E-state index contributed by atoms with van der Waals surface area (Å²) in [5.74, 6) is -0.289. The number of amides is 1. The number of anilines is 2. The normalized spacial score (nSPS) is 14.0. The highest BCUT2D eigenvalue weighted by atomic mass is 35.5. The van der Waals surface area contributed by atoms with E-state index in [0.29, 0.717) is 27.8 Å². The van der Waals surface area contributed by atoms with Crippen LogP contribution in [0.4, 0.5) is 11.4 Å². The third-order valence-electron chi connectivity index (χ3n) is 5.84. The average Bonchev–Trinajstić information content (AvgIpc) is 3.33. The van der Waals surface area contributed by atoms with E-state index in [2.05, 4.69) is 25.7 Å². The fourth-order valence-electron chi connectivity index (χ4n) is 4.30. The van der Waals surface area contributed by atoms with Crippen LogP contribution in [-0.4, -0.2) is 56.8 Å². The fraction of sp³-hybridized carbons (Fsp3) is 0.318. The van der Waals surface area contributed by atoms with E-state index in [0.717, 1.165) is 42.6 Å². The standard InChI is InChI=1S/C22H25N7O2.ClH/c1-13-19-14(11-27(2)25-19)10-17(21(13)30)24-22(31)15-4-5-18(29-8-6-23-7-9-29)16-12-28(3)26-20(15)16;/h4-5,10-12,23,30H,6-9H2,1-3H3,(H,24,31);1H. The first-order valence-corrected chi connectivity index (χ1v) is 10.3. The van der Waals surface area contributed by atoms with Crippen molar-refractivity contribution in [1.29, 1.82) is 0 Å². The van der Waals surface area contributed by atoms with E-state index in [4.69, 9.17) is 0 Å². The Kier molecular flexibility index (Phi) is 5.70. The maximum absolute atomic E-state index is 13.2. The molecule has 3 N–H and O–H groups in total. The second kappa shape index (κ2) is 8.33. The molecule has 2 aromatic heterocycles. The summed E-state index contributed by atoms with van der Waals surface area (Å²) in [5, 5.41) is 27.6. The second-order valence-corrected chi connectivity index (χ2v) is 8.03. The molecule has 0 unspecified atom stereocenters. The van der Waals surface area contributed by atoms with Crippen LogP contribution in [0.15, 0.2) is 30.6 Å². The average molecular weight is 456 g/mol. The van der Waals surface area contributed by atoms with Crippen LogP contribution in [0.5, 0.6) is 5.75 Å². The van der Waals surface area contributed by atoms with Gasteiger partial charge in [0, 0.05) is 74.7 Å². The van der Waals surface area contributed by atoms with Gasteiger partial charge in [-0.2, -0.15) is 10.2 Å². The molecule has 9 nitrogen and oxygen atoms in total. The molecule has 1 aliphatic rings. The van der Waals surface area contributed by atoms with Gasteiger partial charge < -0.3 is 20.6 Å². The molecule has 168 valence electrons. The van der Waals surface area contributed by atoms with Crippen molar-refractivity contribution in [2.24, 2.45) is 14.1 Å². The minimum atomic E-state index is -0.312. The van der Waals surface area contributed by atoms with Crippen LogP contribution >= 0.6 is 12.4 Å². The number of hydrogen-bond acceptors (Lipinski definition) is 6. The lowest BCUT2D eigenvalue weighted by molar-refractivity contribution is 0.102. The number of carbonyl (C=O) groups is 1. The number of aromatic nitrogens is 4. The summed E-state index contributed by atoms with van der Waals surface area (Å²) < 4.78 is 3.42. The Morgan fingerprint density at radius 2 is 1.78 bits per heavy atom. The van der Waals surface area contributed by atoms with Gasteiger partial charge in [-0.05, 0) is 25.1 Å². The first-order valence-electron chi connectivity index (χ1n) is 10.3. The quantitative estimate of drug-likeness (QED) is 0.410. The predicted octanol–water partition coefficient (Wildman–Crippen LogP) is 2.56. The Morgan fingerprint density at radius 1 is 1.09 bits per heavy atom. The van der Waals surface area contributed by atoms with Gasteiger partial charge >= 0.3 is 0 Å². The van der Waals surface area contributed by atoms with Crippen molar-refractivity contribution in [3.8, 4) is 5.75 Å². The minimum absolute atomic E-state index is 0. The molecule has 0 radical (unpaired) electrons. The molecule has 2 aromatic carbocycles. The van der Waals surface area contributed by atoms with Gasteiger partial charge in [-0.25, -0.2) is 0 Å². The van der Waals surface area contributed by atoms with Crippen molar-refractivity contribution >= 4 is 51.5 Å². The van der Waals surface area contributed by atoms with Gasteiger partial charge in [0.2, 0.25) is 0 Å². The molecule has 3 heterocycles. The SMILES string of the molecule is Cc1c(O)c(NC(=O)c2ccc(N3CCNCC3)c3cn(C)nc23)cc2cn(C)nc12.Cl. The molecule has 5 rings (SSSR count). The maximum atomic E-state index is 13.2. The van der Waals surface area contributed by atoms with Crippen molar-refractivity contribution in [2.75, 3.05) is 36.4 Å². The number of phenolic OH excluding ortho intramolecular Hbond substituents is 1. The van der Waals surface area contributed by atoms with Crippen LogP contribution in [0.2, 0.25) is 0 Å². The lowest BCUT2D eigenvalue weighted by atomic mass is 10.1. The van der Waals surface area contributed by atoms with Crippen LogP contribution in [0.3, 0.4) is 0 Å². The Bertz CT molecular complexity index is 1320. The molecule has 1 saturated heterocycles. The summed E-state index contributed by atoms with van der Waals surface area (Å²) in [6.07, 6.45) is 3.81. The van der Waals surface area contributed by atoms with E-state index < -0.39 is 0 Å². The van der Waals surface area contributed by atoms with E-state index in [9.17, 15) is 9.90 Å². The van der Waals surface area contributed by atoms with Crippen molar-refractivity contribution in [3.05, 3.63) is 41.7 Å².